The second-order valence-corrected chi connectivity index (χ2v) is 4.84. The first-order valence-corrected chi connectivity index (χ1v) is 6.59. The van der Waals surface area contributed by atoms with Crippen LogP contribution in [0.5, 0.6) is 0 Å². The van der Waals surface area contributed by atoms with Crippen molar-refractivity contribution < 1.29 is 9.18 Å². The van der Waals surface area contributed by atoms with Crippen molar-refractivity contribution in [2.45, 2.75) is 13.0 Å². The number of hydrogen-bond donors (Lipinski definition) is 1. The summed E-state index contributed by atoms with van der Waals surface area (Å²) in [6, 6.07) is 12.2. The number of benzene rings is 2. The van der Waals surface area contributed by atoms with Crippen LogP contribution in [-0.2, 0) is 13.0 Å². The highest BCUT2D eigenvalue weighted by atomic mass is 19.1. The normalized spacial score (nSPS) is 14.3. The maximum absolute atomic E-state index is 13.5. The van der Waals surface area contributed by atoms with Crippen molar-refractivity contribution in [2.24, 2.45) is 5.73 Å². The Morgan fingerprint density at radius 1 is 1.20 bits per heavy atom. The molecule has 0 saturated heterocycles. The summed E-state index contributed by atoms with van der Waals surface area (Å²) in [4.78, 5) is 14.2. The van der Waals surface area contributed by atoms with Crippen LogP contribution in [0.3, 0.4) is 0 Å². The van der Waals surface area contributed by atoms with E-state index in [1.165, 1.54) is 6.07 Å². The average molecular weight is 270 g/mol. The van der Waals surface area contributed by atoms with E-state index < -0.39 is 0 Å². The summed E-state index contributed by atoms with van der Waals surface area (Å²) in [5.41, 5.74) is 8.43. The van der Waals surface area contributed by atoms with Gasteiger partial charge in [0.1, 0.15) is 5.82 Å². The zero-order valence-electron chi connectivity index (χ0n) is 11.0. The molecule has 0 bridgehead atoms. The molecule has 0 aliphatic carbocycles. The monoisotopic (exact) mass is 270 g/mol. The van der Waals surface area contributed by atoms with E-state index in [2.05, 4.69) is 0 Å². The minimum Gasteiger partial charge on any atom is -0.326 e. The molecule has 2 aromatic rings. The van der Waals surface area contributed by atoms with Crippen LogP contribution in [0.1, 0.15) is 21.5 Å². The number of carbonyl (C=O) groups is 1. The maximum Gasteiger partial charge on any atom is 0.258 e. The van der Waals surface area contributed by atoms with Gasteiger partial charge in [0.25, 0.3) is 5.91 Å². The summed E-state index contributed by atoms with van der Waals surface area (Å²) in [6.45, 7) is 0.726. The summed E-state index contributed by atoms with van der Waals surface area (Å²) in [6.07, 6.45) is 0.803. The maximum atomic E-state index is 13.5. The SMILES string of the molecule is NCc1cc(N2CCc3ccccc3C2=O)ccc1F. The Bertz CT molecular complexity index is 669. The Morgan fingerprint density at radius 2 is 2.00 bits per heavy atom. The van der Waals surface area contributed by atoms with Crippen LogP contribution in [0.25, 0.3) is 0 Å². The van der Waals surface area contributed by atoms with Gasteiger partial charge in [0.05, 0.1) is 0 Å². The van der Waals surface area contributed by atoms with Gasteiger partial charge >= 0.3 is 0 Å². The highest BCUT2D eigenvalue weighted by Gasteiger charge is 2.25. The lowest BCUT2D eigenvalue weighted by Crippen LogP contribution is -2.37. The predicted octanol–water partition coefficient (Wildman–Crippen LogP) is 2.49. The minimum atomic E-state index is -0.332. The predicted molar refractivity (Wildman–Crippen MR) is 76.1 cm³/mol. The van der Waals surface area contributed by atoms with Gasteiger partial charge in [-0.1, -0.05) is 18.2 Å². The number of amides is 1. The smallest absolute Gasteiger partial charge is 0.258 e. The molecule has 0 fully saturated rings. The number of carbonyl (C=O) groups excluding carboxylic acids is 1. The average Bonchev–Trinajstić information content (AvgIpc) is 2.49. The Labute approximate surface area is 116 Å². The van der Waals surface area contributed by atoms with E-state index in [4.69, 9.17) is 5.73 Å². The molecular formula is C16H15FN2O. The quantitative estimate of drug-likeness (QED) is 0.911. The van der Waals surface area contributed by atoms with Gasteiger partial charge in [-0.15, -0.1) is 0 Å². The van der Waals surface area contributed by atoms with Crippen molar-refractivity contribution in [1.29, 1.82) is 0 Å². The fraction of sp³-hybridized carbons (Fsp3) is 0.188. The van der Waals surface area contributed by atoms with Crippen LogP contribution in [0, 0.1) is 5.82 Å². The van der Waals surface area contributed by atoms with E-state index in [0.29, 0.717) is 17.8 Å². The van der Waals surface area contributed by atoms with E-state index in [0.717, 1.165) is 17.5 Å². The third kappa shape index (κ3) is 2.08. The fourth-order valence-electron chi connectivity index (χ4n) is 2.56. The summed E-state index contributed by atoms with van der Waals surface area (Å²) in [5.74, 6) is -0.373. The van der Waals surface area contributed by atoms with Crippen molar-refractivity contribution >= 4 is 11.6 Å². The lowest BCUT2D eigenvalue weighted by molar-refractivity contribution is 0.0980. The van der Waals surface area contributed by atoms with E-state index in [-0.39, 0.29) is 18.3 Å². The first-order chi connectivity index (χ1) is 9.70. The highest BCUT2D eigenvalue weighted by molar-refractivity contribution is 6.08. The molecule has 1 aliphatic rings. The number of hydrogen-bond acceptors (Lipinski definition) is 2. The highest BCUT2D eigenvalue weighted by Crippen LogP contribution is 2.25. The fourth-order valence-corrected chi connectivity index (χ4v) is 2.56. The van der Waals surface area contributed by atoms with Crippen LogP contribution in [0.15, 0.2) is 42.5 Å². The minimum absolute atomic E-state index is 0.0403. The largest absolute Gasteiger partial charge is 0.326 e. The molecule has 0 aromatic heterocycles. The van der Waals surface area contributed by atoms with Gasteiger partial charge in [-0.05, 0) is 36.2 Å². The third-order valence-corrected chi connectivity index (χ3v) is 3.66. The molecule has 4 heteroatoms. The second-order valence-electron chi connectivity index (χ2n) is 4.84. The lowest BCUT2D eigenvalue weighted by Gasteiger charge is -2.29. The summed E-state index contributed by atoms with van der Waals surface area (Å²) in [5, 5.41) is 0. The second kappa shape index (κ2) is 5.06. The topological polar surface area (TPSA) is 46.3 Å². The van der Waals surface area contributed by atoms with Gasteiger partial charge in [0.15, 0.2) is 0 Å². The van der Waals surface area contributed by atoms with Crippen LogP contribution >= 0.6 is 0 Å². The molecule has 102 valence electrons. The van der Waals surface area contributed by atoms with E-state index in [9.17, 15) is 9.18 Å². The standard InChI is InChI=1S/C16H15FN2O/c17-15-6-5-13(9-12(15)10-18)19-8-7-11-3-1-2-4-14(11)16(19)20/h1-6,9H,7-8,10,18H2. The van der Waals surface area contributed by atoms with Gasteiger partial charge in [0.2, 0.25) is 0 Å². The van der Waals surface area contributed by atoms with Gasteiger partial charge in [-0.3, -0.25) is 4.79 Å². The first-order valence-electron chi connectivity index (χ1n) is 6.59. The molecule has 1 aliphatic heterocycles. The van der Waals surface area contributed by atoms with E-state index >= 15 is 0 Å². The molecule has 0 radical (unpaired) electrons. The van der Waals surface area contributed by atoms with Crippen LogP contribution in [0.4, 0.5) is 10.1 Å². The Morgan fingerprint density at radius 3 is 2.80 bits per heavy atom. The van der Waals surface area contributed by atoms with Crippen molar-refractivity contribution in [3.63, 3.8) is 0 Å². The Kier molecular flexibility index (Phi) is 3.24. The zero-order valence-corrected chi connectivity index (χ0v) is 11.0. The number of anilines is 1. The molecule has 0 spiro atoms. The van der Waals surface area contributed by atoms with Gasteiger partial charge < -0.3 is 10.6 Å². The molecule has 3 rings (SSSR count). The van der Waals surface area contributed by atoms with Crippen LogP contribution in [0.2, 0.25) is 0 Å². The molecule has 0 saturated carbocycles. The molecular weight excluding hydrogens is 255 g/mol. The summed E-state index contributed by atoms with van der Waals surface area (Å²) >= 11 is 0. The molecule has 2 N–H and O–H groups in total. The van der Waals surface area contributed by atoms with Crippen molar-refractivity contribution in [3.05, 3.63) is 65.0 Å². The third-order valence-electron chi connectivity index (χ3n) is 3.66. The number of rotatable bonds is 2. The van der Waals surface area contributed by atoms with Gasteiger partial charge in [0, 0.05) is 29.9 Å². The van der Waals surface area contributed by atoms with Crippen molar-refractivity contribution in [1.82, 2.24) is 0 Å². The molecule has 20 heavy (non-hydrogen) atoms. The molecule has 3 nitrogen and oxygen atoms in total. The van der Waals surface area contributed by atoms with Crippen molar-refractivity contribution in [2.75, 3.05) is 11.4 Å². The van der Waals surface area contributed by atoms with E-state index in [1.807, 2.05) is 24.3 Å². The molecule has 0 atom stereocenters. The van der Waals surface area contributed by atoms with E-state index in [1.54, 1.807) is 17.0 Å². The molecule has 2 aromatic carbocycles. The summed E-state index contributed by atoms with van der Waals surface area (Å²) < 4.78 is 13.5. The number of nitrogens with two attached hydrogens (primary N) is 1. The molecule has 1 amide bonds. The lowest BCUT2D eigenvalue weighted by atomic mass is 9.98. The number of fused-ring (bicyclic) bond motifs is 1. The van der Waals surface area contributed by atoms with Crippen molar-refractivity contribution in [3.8, 4) is 0 Å². The summed E-state index contributed by atoms with van der Waals surface area (Å²) in [7, 11) is 0. The number of halogens is 1. The first kappa shape index (κ1) is 12.8. The van der Waals surface area contributed by atoms with Crippen LogP contribution in [-0.4, -0.2) is 12.5 Å². The molecule has 1 heterocycles. The van der Waals surface area contributed by atoms with Crippen LogP contribution < -0.4 is 10.6 Å². The number of nitrogens with zero attached hydrogens (tertiary/aromatic N) is 1. The molecule has 0 unspecified atom stereocenters. The zero-order chi connectivity index (χ0) is 14.1. The Hall–Kier alpha value is -2.20. The Balaban J connectivity index is 1.99. The van der Waals surface area contributed by atoms with Gasteiger partial charge in [-0.2, -0.15) is 0 Å². The van der Waals surface area contributed by atoms with Gasteiger partial charge in [-0.25, -0.2) is 4.39 Å².